The molecule has 0 atom stereocenters. The maximum Gasteiger partial charge on any atom is 0.243 e. The van der Waals surface area contributed by atoms with Crippen LogP contribution in [0, 0.1) is 11.6 Å². The van der Waals surface area contributed by atoms with E-state index >= 15 is 0 Å². The summed E-state index contributed by atoms with van der Waals surface area (Å²) in [6.45, 7) is 0.113. The molecule has 0 radical (unpaired) electrons. The van der Waals surface area contributed by atoms with Crippen LogP contribution >= 0.6 is 0 Å². The summed E-state index contributed by atoms with van der Waals surface area (Å²) in [5, 5.41) is 0. The zero-order chi connectivity index (χ0) is 14.6. The van der Waals surface area contributed by atoms with Crippen molar-refractivity contribution in [1.29, 1.82) is 0 Å². The number of rotatable bonds is 5. The maximum atomic E-state index is 13.4. The lowest BCUT2D eigenvalue weighted by Gasteiger charge is -2.07. The lowest BCUT2D eigenvalue weighted by atomic mass is 10.1. The molecular weight excluding hydrogens is 284 g/mol. The Kier molecular flexibility index (Phi) is 4.46. The van der Waals surface area contributed by atoms with Crippen molar-refractivity contribution in [1.82, 2.24) is 4.72 Å². The Bertz CT molecular complexity index is 685. The minimum Gasteiger partial charge on any atom is -0.211 e. The number of sulfonamides is 1. The van der Waals surface area contributed by atoms with E-state index < -0.39 is 15.8 Å². The molecule has 0 aliphatic carbocycles. The maximum absolute atomic E-state index is 13.4. The Labute approximate surface area is 116 Å². The molecular formula is C14H13F2NO2S. The average Bonchev–Trinajstić information content (AvgIpc) is 2.41. The first-order valence-electron chi connectivity index (χ1n) is 5.98. The highest BCUT2D eigenvalue weighted by atomic mass is 32.2. The minimum absolute atomic E-state index is 0.113. The van der Waals surface area contributed by atoms with Gasteiger partial charge in [-0.25, -0.2) is 21.9 Å². The van der Waals surface area contributed by atoms with Crippen LogP contribution < -0.4 is 4.72 Å². The molecule has 0 aromatic heterocycles. The van der Waals surface area contributed by atoms with Gasteiger partial charge in [0.2, 0.25) is 10.0 Å². The van der Waals surface area contributed by atoms with E-state index in [0.717, 1.165) is 11.6 Å². The molecule has 0 bridgehead atoms. The Morgan fingerprint density at radius 1 is 0.950 bits per heavy atom. The van der Waals surface area contributed by atoms with Gasteiger partial charge < -0.3 is 0 Å². The number of benzene rings is 2. The Balaban J connectivity index is 2.00. The highest BCUT2D eigenvalue weighted by Gasteiger charge is 2.17. The van der Waals surface area contributed by atoms with Crippen molar-refractivity contribution >= 4 is 10.0 Å². The van der Waals surface area contributed by atoms with Gasteiger partial charge in [-0.3, -0.25) is 0 Å². The summed E-state index contributed by atoms with van der Waals surface area (Å²) < 4.78 is 52.2. The molecule has 0 spiro atoms. The molecule has 0 unspecified atom stereocenters. The van der Waals surface area contributed by atoms with Gasteiger partial charge in [-0.1, -0.05) is 24.3 Å². The van der Waals surface area contributed by atoms with Crippen LogP contribution in [-0.4, -0.2) is 15.0 Å². The van der Waals surface area contributed by atoms with E-state index in [1.54, 1.807) is 12.1 Å². The highest BCUT2D eigenvalue weighted by molar-refractivity contribution is 7.89. The summed E-state index contributed by atoms with van der Waals surface area (Å²) in [5.74, 6) is -1.14. The van der Waals surface area contributed by atoms with Crippen molar-refractivity contribution in [2.24, 2.45) is 0 Å². The second-order valence-electron chi connectivity index (χ2n) is 4.20. The molecule has 2 rings (SSSR count). The molecule has 0 aliphatic rings. The van der Waals surface area contributed by atoms with Crippen LogP contribution in [0.1, 0.15) is 5.56 Å². The highest BCUT2D eigenvalue weighted by Crippen LogP contribution is 2.13. The zero-order valence-corrected chi connectivity index (χ0v) is 11.3. The molecule has 20 heavy (non-hydrogen) atoms. The van der Waals surface area contributed by atoms with Crippen molar-refractivity contribution in [2.45, 2.75) is 11.3 Å². The molecule has 0 amide bonds. The predicted molar refractivity (Wildman–Crippen MR) is 71.7 cm³/mol. The van der Waals surface area contributed by atoms with Crippen LogP contribution in [0.2, 0.25) is 0 Å². The molecule has 2 aromatic carbocycles. The standard InChI is InChI=1S/C14H13F2NO2S/c15-12-7-5-11(6-8-12)9-10-17-20(18,19)14-4-2-1-3-13(14)16/h1-8,17H,9-10H2. The van der Waals surface area contributed by atoms with E-state index in [2.05, 4.69) is 4.72 Å². The first-order chi connectivity index (χ1) is 9.49. The van der Waals surface area contributed by atoms with Crippen LogP contribution in [0.4, 0.5) is 8.78 Å². The fraction of sp³-hybridized carbons (Fsp3) is 0.143. The topological polar surface area (TPSA) is 46.2 Å². The number of hydrogen-bond donors (Lipinski definition) is 1. The van der Waals surface area contributed by atoms with Gasteiger partial charge in [-0.15, -0.1) is 0 Å². The van der Waals surface area contributed by atoms with Crippen LogP contribution in [-0.2, 0) is 16.4 Å². The number of hydrogen-bond acceptors (Lipinski definition) is 2. The van der Waals surface area contributed by atoms with Gasteiger partial charge in [-0.2, -0.15) is 0 Å². The molecule has 3 nitrogen and oxygen atoms in total. The van der Waals surface area contributed by atoms with Gasteiger partial charge in [0.15, 0.2) is 0 Å². The minimum atomic E-state index is -3.87. The number of nitrogens with one attached hydrogen (secondary N) is 1. The van der Waals surface area contributed by atoms with Crippen molar-refractivity contribution < 1.29 is 17.2 Å². The van der Waals surface area contributed by atoms with Gasteiger partial charge in [0, 0.05) is 6.54 Å². The molecule has 0 heterocycles. The Morgan fingerprint density at radius 2 is 1.60 bits per heavy atom. The van der Waals surface area contributed by atoms with Crippen LogP contribution in [0.25, 0.3) is 0 Å². The molecule has 0 saturated heterocycles. The summed E-state index contributed by atoms with van der Waals surface area (Å²) in [7, 11) is -3.87. The van der Waals surface area contributed by atoms with Crippen molar-refractivity contribution in [3.8, 4) is 0 Å². The summed E-state index contributed by atoms with van der Waals surface area (Å²) in [5.41, 5.74) is 0.794. The molecule has 106 valence electrons. The lowest BCUT2D eigenvalue weighted by Crippen LogP contribution is -2.26. The quantitative estimate of drug-likeness (QED) is 0.921. The van der Waals surface area contributed by atoms with Gasteiger partial charge >= 0.3 is 0 Å². The smallest absolute Gasteiger partial charge is 0.211 e. The van der Waals surface area contributed by atoms with Gasteiger partial charge in [0.25, 0.3) is 0 Å². The summed E-state index contributed by atoms with van der Waals surface area (Å²) in [4.78, 5) is -0.376. The number of halogens is 2. The third-order valence-electron chi connectivity index (χ3n) is 2.75. The van der Waals surface area contributed by atoms with Crippen molar-refractivity contribution in [3.63, 3.8) is 0 Å². The third kappa shape index (κ3) is 3.61. The zero-order valence-electron chi connectivity index (χ0n) is 10.5. The van der Waals surface area contributed by atoms with Gasteiger partial charge in [0.05, 0.1) is 0 Å². The summed E-state index contributed by atoms with van der Waals surface area (Å²) in [6, 6.07) is 10.9. The first-order valence-corrected chi connectivity index (χ1v) is 7.46. The van der Waals surface area contributed by atoms with Crippen molar-refractivity contribution in [2.75, 3.05) is 6.54 Å². The van der Waals surface area contributed by atoms with E-state index in [-0.39, 0.29) is 17.3 Å². The first kappa shape index (κ1) is 14.6. The predicted octanol–water partition coefficient (Wildman–Crippen LogP) is 2.49. The van der Waals surface area contributed by atoms with E-state index in [1.165, 1.54) is 30.3 Å². The average molecular weight is 297 g/mol. The molecule has 6 heteroatoms. The normalized spacial score (nSPS) is 11.5. The Morgan fingerprint density at radius 3 is 2.25 bits per heavy atom. The van der Waals surface area contributed by atoms with E-state index in [4.69, 9.17) is 0 Å². The second kappa shape index (κ2) is 6.11. The monoisotopic (exact) mass is 297 g/mol. The fourth-order valence-corrected chi connectivity index (χ4v) is 2.83. The van der Waals surface area contributed by atoms with Crippen LogP contribution in [0.15, 0.2) is 53.4 Å². The van der Waals surface area contributed by atoms with E-state index in [0.29, 0.717) is 6.42 Å². The summed E-state index contributed by atoms with van der Waals surface area (Å²) in [6.07, 6.45) is 0.397. The van der Waals surface area contributed by atoms with Gasteiger partial charge in [-0.05, 0) is 36.2 Å². The molecule has 0 saturated carbocycles. The largest absolute Gasteiger partial charge is 0.243 e. The molecule has 1 N–H and O–H groups in total. The lowest BCUT2D eigenvalue weighted by molar-refractivity contribution is 0.557. The van der Waals surface area contributed by atoms with Gasteiger partial charge in [0.1, 0.15) is 16.5 Å². The molecule has 2 aromatic rings. The molecule has 0 aliphatic heterocycles. The third-order valence-corrected chi connectivity index (χ3v) is 4.24. The Hall–Kier alpha value is -1.79. The SMILES string of the molecule is O=S(=O)(NCCc1ccc(F)cc1)c1ccccc1F. The second-order valence-corrected chi connectivity index (χ2v) is 5.94. The molecule has 0 fully saturated rings. The van der Waals surface area contributed by atoms with Crippen LogP contribution in [0.3, 0.4) is 0 Å². The van der Waals surface area contributed by atoms with Crippen LogP contribution in [0.5, 0.6) is 0 Å². The van der Waals surface area contributed by atoms with E-state index in [1.807, 2.05) is 0 Å². The van der Waals surface area contributed by atoms with Crippen molar-refractivity contribution in [3.05, 3.63) is 65.7 Å². The summed E-state index contributed by atoms with van der Waals surface area (Å²) >= 11 is 0. The van der Waals surface area contributed by atoms with E-state index in [9.17, 15) is 17.2 Å². The fourth-order valence-electron chi connectivity index (χ4n) is 1.72.